The van der Waals surface area contributed by atoms with Gasteiger partial charge in [0.05, 0.1) is 11.8 Å². The summed E-state index contributed by atoms with van der Waals surface area (Å²) < 4.78 is 44.0. The van der Waals surface area contributed by atoms with Crippen LogP contribution >= 0.6 is 12.4 Å². The predicted molar refractivity (Wildman–Crippen MR) is 97.2 cm³/mol. The number of halogens is 4. The lowest BCUT2D eigenvalue weighted by atomic mass is 9.88. The van der Waals surface area contributed by atoms with Gasteiger partial charge in [-0.3, -0.25) is 0 Å². The lowest BCUT2D eigenvalue weighted by Gasteiger charge is -2.22. The van der Waals surface area contributed by atoms with Crippen molar-refractivity contribution in [1.82, 2.24) is 5.32 Å². The van der Waals surface area contributed by atoms with Crippen molar-refractivity contribution in [2.24, 2.45) is 0 Å². The van der Waals surface area contributed by atoms with Gasteiger partial charge in [0.25, 0.3) is 0 Å². The second kappa shape index (κ2) is 7.17. The fourth-order valence-corrected chi connectivity index (χ4v) is 3.30. The van der Waals surface area contributed by atoms with E-state index in [1.807, 2.05) is 18.2 Å². The van der Waals surface area contributed by atoms with Crippen molar-refractivity contribution in [3.8, 4) is 22.5 Å². The molecule has 0 amide bonds. The Morgan fingerprint density at radius 2 is 1.73 bits per heavy atom. The van der Waals surface area contributed by atoms with E-state index < -0.39 is 11.7 Å². The molecule has 136 valence electrons. The zero-order valence-corrected chi connectivity index (χ0v) is 14.6. The maximum absolute atomic E-state index is 12.8. The monoisotopic (exact) mass is 379 g/mol. The van der Waals surface area contributed by atoms with Crippen LogP contribution in [0.4, 0.5) is 13.2 Å². The van der Waals surface area contributed by atoms with E-state index in [-0.39, 0.29) is 12.4 Å². The average Bonchev–Trinajstić information content (AvgIpc) is 3.15. The highest BCUT2D eigenvalue weighted by molar-refractivity contribution is 5.85. The molecule has 2 nitrogen and oxygen atoms in total. The summed E-state index contributed by atoms with van der Waals surface area (Å²) in [4.78, 5) is 0. The van der Waals surface area contributed by atoms with Crippen molar-refractivity contribution in [2.45, 2.75) is 19.1 Å². The first-order valence-electron chi connectivity index (χ1n) is 8.10. The maximum atomic E-state index is 12.8. The zero-order chi connectivity index (χ0) is 17.4. The van der Waals surface area contributed by atoms with E-state index in [0.717, 1.165) is 59.7 Å². The van der Waals surface area contributed by atoms with Gasteiger partial charge in [-0.15, -0.1) is 12.4 Å². The van der Waals surface area contributed by atoms with Gasteiger partial charge in [0, 0.05) is 12.1 Å². The minimum atomic E-state index is -4.32. The number of hydrogen-bond acceptors (Lipinski definition) is 2. The Kier molecular flexibility index (Phi) is 5.12. The summed E-state index contributed by atoms with van der Waals surface area (Å²) in [7, 11) is 0. The summed E-state index contributed by atoms with van der Waals surface area (Å²) in [6.07, 6.45) is -1.85. The van der Waals surface area contributed by atoms with E-state index in [0.29, 0.717) is 0 Å². The van der Waals surface area contributed by atoms with Crippen molar-refractivity contribution in [3.05, 3.63) is 71.5 Å². The molecule has 3 aromatic rings. The number of furan rings is 1. The Morgan fingerprint density at radius 3 is 2.38 bits per heavy atom. The van der Waals surface area contributed by atoms with E-state index in [4.69, 9.17) is 4.42 Å². The molecule has 0 bridgehead atoms. The molecule has 0 saturated heterocycles. The number of nitrogens with one attached hydrogen (secondary N) is 1. The van der Waals surface area contributed by atoms with Crippen LogP contribution in [0.5, 0.6) is 0 Å². The van der Waals surface area contributed by atoms with Crippen LogP contribution in [0.25, 0.3) is 22.5 Å². The average molecular weight is 380 g/mol. The van der Waals surface area contributed by atoms with Crippen LogP contribution < -0.4 is 5.32 Å². The summed E-state index contributed by atoms with van der Waals surface area (Å²) >= 11 is 0. The van der Waals surface area contributed by atoms with Gasteiger partial charge in [-0.05, 0) is 71.6 Å². The van der Waals surface area contributed by atoms with Gasteiger partial charge in [0.2, 0.25) is 0 Å². The van der Waals surface area contributed by atoms with Crippen LogP contribution in [-0.2, 0) is 19.1 Å². The Hall–Kier alpha value is -2.24. The fraction of sp³-hybridized carbons (Fsp3) is 0.200. The zero-order valence-electron chi connectivity index (χ0n) is 13.8. The summed E-state index contributed by atoms with van der Waals surface area (Å²) in [5, 5.41) is 3.34. The number of rotatable bonds is 2. The Morgan fingerprint density at radius 1 is 0.962 bits per heavy atom. The molecule has 0 radical (unpaired) electrons. The molecule has 2 heterocycles. The van der Waals surface area contributed by atoms with Crippen molar-refractivity contribution in [3.63, 3.8) is 0 Å². The van der Waals surface area contributed by atoms with Crippen molar-refractivity contribution in [2.75, 3.05) is 6.54 Å². The van der Waals surface area contributed by atoms with Crippen molar-refractivity contribution < 1.29 is 17.6 Å². The molecule has 0 atom stereocenters. The van der Waals surface area contributed by atoms with E-state index in [2.05, 4.69) is 11.4 Å². The SMILES string of the molecule is Cl.FC(F)(F)c1ccc(-c2cc(-c3ccco3)cc3c2CCNC3)cc1. The van der Waals surface area contributed by atoms with Gasteiger partial charge in [-0.25, -0.2) is 0 Å². The predicted octanol–water partition coefficient (Wildman–Crippen LogP) is 5.70. The highest BCUT2D eigenvalue weighted by Gasteiger charge is 2.30. The smallest absolute Gasteiger partial charge is 0.416 e. The molecular formula is C20H17ClF3NO. The van der Waals surface area contributed by atoms with Crippen LogP contribution in [0, 0.1) is 0 Å². The first-order valence-corrected chi connectivity index (χ1v) is 8.10. The van der Waals surface area contributed by atoms with E-state index in [1.165, 1.54) is 5.56 Å². The molecule has 1 aliphatic heterocycles. The van der Waals surface area contributed by atoms with E-state index in [9.17, 15) is 13.2 Å². The third-order valence-corrected chi connectivity index (χ3v) is 4.54. The second-order valence-corrected chi connectivity index (χ2v) is 6.14. The minimum absolute atomic E-state index is 0. The highest BCUT2D eigenvalue weighted by Crippen LogP contribution is 2.36. The second-order valence-electron chi connectivity index (χ2n) is 6.14. The largest absolute Gasteiger partial charge is 0.464 e. The molecule has 0 aliphatic carbocycles. The molecule has 1 aromatic heterocycles. The standard InChI is InChI=1S/C20H16F3NO.ClH/c21-20(22,23)16-5-3-13(4-6-16)18-11-14(19-2-1-9-25-19)10-15-12-24-8-7-17(15)18;/h1-6,9-11,24H,7-8,12H2;1H. The summed E-state index contributed by atoms with van der Waals surface area (Å²) in [5.74, 6) is 0.751. The fourth-order valence-electron chi connectivity index (χ4n) is 3.30. The van der Waals surface area contributed by atoms with E-state index >= 15 is 0 Å². The molecule has 1 aliphatic rings. The normalized spacial score (nSPS) is 13.8. The van der Waals surface area contributed by atoms with Crippen LogP contribution in [0.2, 0.25) is 0 Å². The lowest BCUT2D eigenvalue weighted by Crippen LogP contribution is -2.24. The highest BCUT2D eigenvalue weighted by atomic mass is 35.5. The molecule has 0 fully saturated rings. The molecule has 26 heavy (non-hydrogen) atoms. The summed E-state index contributed by atoms with van der Waals surface area (Å²) in [5.41, 5.74) is 4.42. The van der Waals surface area contributed by atoms with Gasteiger partial charge in [0.15, 0.2) is 0 Å². The van der Waals surface area contributed by atoms with Gasteiger partial charge < -0.3 is 9.73 Å². The van der Waals surface area contributed by atoms with Crippen LogP contribution in [0.3, 0.4) is 0 Å². The molecular weight excluding hydrogens is 363 g/mol. The van der Waals surface area contributed by atoms with Crippen molar-refractivity contribution in [1.29, 1.82) is 0 Å². The summed E-state index contributed by atoms with van der Waals surface area (Å²) in [6.45, 7) is 1.61. The van der Waals surface area contributed by atoms with E-state index in [1.54, 1.807) is 18.4 Å². The third kappa shape index (κ3) is 3.50. The molecule has 0 spiro atoms. The van der Waals surface area contributed by atoms with Crippen LogP contribution in [0.15, 0.2) is 59.2 Å². The Balaban J connectivity index is 0.00000196. The quantitative estimate of drug-likeness (QED) is 0.617. The number of benzene rings is 2. The Bertz CT molecular complexity index is 887. The lowest BCUT2D eigenvalue weighted by molar-refractivity contribution is -0.137. The molecule has 6 heteroatoms. The Labute approximate surface area is 155 Å². The molecule has 0 saturated carbocycles. The van der Waals surface area contributed by atoms with Crippen molar-refractivity contribution >= 4 is 12.4 Å². The van der Waals surface area contributed by atoms with Gasteiger partial charge in [-0.2, -0.15) is 13.2 Å². The molecule has 0 unspecified atom stereocenters. The van der Waals surface area contributed by atoms with Gasteiger partial charge in [-0.1, -0.05) is 12.1 Å². The van der Waals surface area contributed by atoms with Crippen LogP contribution in [-0.4, -0.2) is 6.54 Å². The molecule has 1 N–H and O–H groups in total. The third-order valence-electron chi connectivity index (χ3n) is 4.54. The first-order chi connectivity index (χ1) is 12.0. The maximum Gasteiger partial charge on any atom is 0.416 e. The van der Waals surface area contributed by atoms with Gasteiger partial charge in [0.1, 0.15) is 5.76 Å². The molecule has 4 rings (SSSR count). The first kappa shape index (κ1) is 18.5. The summed E-state index contributed by atoms with van der Waals surface area (Å²) in [6, 6.07) is 13.2. The number of fused-ring (bicyclic) bond motifs is 1. The topological polar surface area (TPSA) is 25.2 Å². The van der Waals surface area contributed by atoms with Crippen LogP contribution in [0.1, 0.15) is 16.7 Å². The minimum Gasteiger partial charge on any atom is -0.464 e. The number of hydrogen-bond donors (Lipinski definition) is 1. The van der Waals surface area contributed by atoms with Gasteiger partial charge >= 0.3 is 6.18 Å². The molecule has 2 aromatic carbocycles. The number of alkyl halides is 3.